The molecule has 152 valence electrons. The highest BCUT2D eigenvalue weighted by Crippen LogP contribution is 2.39. The highest BCUT2D eigenvalue weighted by molar-refractivity contribution is 5.83. The topological polar surface area (TPSA) is 55.6 Å². The zero-order chi connectivity index (χ0) is 20.9. The first-order valence-corrected chi connectivity index (χ1v) is 9.65. The Morgan fingerprint density at radius 1 is 0.967 bits per heavy atom. The number of imidazole rings is 1. The van der Waals surface area contributed by atoms with Crippen LogP contribution in [0.3, 0.4) is 0 Å². The maximum absolute atomic E-state index is 12.9. The van der Waals surface area contributed by atoms with Crippen LogP contribution in [0.15, 0.2) is 54.7 Å². The van der Waals surface area contributed by atoms with Gasteiger partial charge in [-0.15, -0.1) is 0 Å². The summed E-state index contributed by atoms with van der Waals surface area (Å²) in [6, 6.07) is 14.0. The lowest BCUT2D eigenvalue weighted by Crippen LogP contribution is -2.09. The van der Waals surface area contributed by atoms with E-state index in [1.807, 2.05) is 25.1 Å². The third-order valence-corrected chi connectivity index (χ3v) is 5.17. The van der Waals surface area contributed by atoms with Gasteiger partial charge in [-0.3, -0.25) is 0 Å². The van der Waals surface area contributed by atoms with Crippen molar-refractivity contribution >= 4 is 22.7 Å². The number of aromatic nitrogens is 4. The molecule has 1 aliphatic carbocycles. The number of alkyl halides is 3. The van der Waals surface area contributed by atoms with E-state index in [9.17, 15) is 13.2 Å². The molecule has 1 N–H and O–H groups in total. The number of hydrogen-bond acceptors (Lipinski definition) is 4. The molecule has 4 aromatic rings. The molecule has 5 nitrogen and oxygen atoms in total. The van der Waals surface area contributed by atoms with Gasteiger partial charge in [0, 0.05) is 12.2 Å². The minimum atomic E-state index is -4.50. The predicted octanol–water partition coefficient (Wildman–Crippen LogP) is 5.90. The fourth-order valence-electron chi connectivity index (χ4n) is 3.66. The molecule has 1 saturated carbocycles. The molecule has 3 aromatic heterocycles. The second-order valence-electron chi connectivity index (χ2n) is 7.42. The summed E-state index contributed by atoms with van der Waals surface area (Å²) in [5, 5.41) is 2.87. The van der Waals surface area contributed by atoms with Crippen molar-refractivity contribution in [3.8, 4) is 11.1 Å². The number of hydrogen-bond donors (Lipinski definition) is 1. The van der Waals surface area contributed by atoms with Gasteiger partial charge in [0.15, 0.2) is 0 Å². The first-order valence-electron chi connectivity index (χ1n) is 9.65. The zero-order valence-corrected chi connectivity index (χ0v) is 16.1. The van der Waals surface area contributed by atoms with Crippen molar-refractivity contribution in [2.24, 2.45) is 0 Å². The number of nitrogens with zero attached hydrogens (tertiary/aromatic N) is 4. The number of pyridine rings is 2. The lowest BCUT2D eigenvalue weighted by molar-refractivity contribution is -0.141. The zero-order valence-electron chi connectivity index (χ0n) is 16.1. The standard InChI is InChI=1S/C22H18F3N5/c1-13-27-17-8-5-14(11-18(17)30(13)16-6-7-16)15-9-10-26-21(12-15)29-20-4-2-3-19(28-20)22(23,24)25/h2-5,8-12,16H,6-7H2,1H3,(H,26,28,29). The number of nitrogens with one attached hydrogen (secondary N) is 1. The van der Waals surface area contributed by atoms with Crippen molar-refractivity contribution in [2.45, 2.75) is 32.0 Å². The van der Waals surface area contributed by atoms with Gasteiger partial charge in [0.25, 0.3) is 0 Å². The second-order valence-corrected chi connectivity index (χ2v) is 7.42. The van der Waals surface area contributed by atoms with Crippen LogP contribution < -0.4 is 5.32 Å². The number of rotatable bonds is 4. The molecule has 0 spiro atoms. The molecule has 30 heavy (non-hydrogen) atoms. The Bertz CT molecular complexity index is 1240. The molecule has 8 heteroatoms. The molecule has 0 atom stereocenters. The van der Waals surface area contributed by atoms with E-state index in [0.29, 0.717) is 11.9 Å². The van der Waals surface area contributed by atoms with E-state index in [0.717, 1.165) is 34.1 Å². The van der Waals surface area contributed by atoms with E-state index in [1.54, 1.807) is 12.3 Å². The maximum Gasteiger partial charge on any atom is 0.433 e. The Morgan fingerprint density at radius 3 is 2.53 bits per heavy atom. The summed E-state index contributed by atoms with van der Waals surface area (Å²) in [5.74, 6) is 1.52. The minimum absolute atomic E-state index is 0.0901. The smallest absolute Gasteiger partial charge is 0.325 e. The first-order chi connectivity index (χ1) is 14.4. The molecule has 0 radical (unpaired) electrons. The number of aryl methyl sites for hydroxylation is 1. The van der Waals surface area contributed by atoms with Gasteiger partial charge >= 0.3 is 6.18 Å². The predicted molar refractivity (Wildman–Crippen MR) is 108 cm³/mol. The van der Waals surface area contributed by atoms with Crippen LogP contribution in [0.25, 0.3) is 22.2 Å². The van der Waals surface area contributed by atoms with Crippen molar-refractivity contribution in [3.63, 3.8) is 0 Å². The molecule has 1 aliphatic rings. The van der Waals surface area contributed by atoms with Crippen LogP contribution in [-0.2, 0) is 6.18 Å². The molecule has 0 aliphatic heterocycles. The molecule has 5 rings (SSSR count). The normalized spacial score (nSPS) is 14.3. The fourth-order valence-corrected chi connectivity index (χ4v) is 3.66. The van der Waals surface area contributed by atoms with Gasteiger partial charge in [-0.2, -0.15) is 13.2 Å². The third kappa shape index (κ3) is 3.49. The van der Waals surface area contributed by atoms with Gasteiger partial charge in [0.2, 0.25) is 0 Å². The second kappa shape index (κ2) is 6.83. The Hall–Kier alpha value is -3.42. The highest BCUT2D eigenvalue weighted by Gasteiger charge is 2.32. The van der Waals surface area contributed by atoms with Gasteiger partial charge in [0.1, 0.15) is 23.2 Å². The summed E-state index contributed by atoms with van der Waals surface area (Å²) in [6.07, 6.45) is -0.530. The van der Waals surface area contributed by atoms with Crippen molar-refractivity contribution in [2.75, 3.05) is 5.32 Å². The van der Waals surface area contributed by atoms with Crippen LogP contribution >= 0.6 is 0 Å². The molecular weight excluding hydrogens is 391 g/mol. The molecule has 3 heterocycles. The molecule has 1 fully saturated rings. The lowest BCUT2D eigenvalue weighted by Gasteiger charge is -2.10. The van der Waals surface area contributed by atoms with E-state index in [4.69, 9.17) is 0 Å². The Morgan fingerprint density at radius 2 is 1.77 bits per heavy atom. The van der Waals surface area contributed by atoms with Crippen LogP contribution in [0.2, 0.25) is 0 Å². The van der Waals surface area contributed by atoms with Crippen molar-refractivity contribution in [1.29, 1.82) is 0 Å². The van der Waals surface area contributed by atoms with Crippen LogP contribution in [0.1, 0.15) is 30.4 Å². The summed E-state index contributed by atoms with van der Waals surface area (Å²) in [5.41, 5.74) is 3.01. The van der Waals surface area contributed by atoms with Crippen LogP contribution in [0.5, 0.6) is 0 Å². The molecule has 1 aromatic carbocycles. The first kappa shape index (κ1) is 18.6. The number of anilines is 2. The number of fused-ring (bicyclic) bond motifs is 1. The van der Waals surface area contributed by atoms with Crippen LogP contribution in [0.4, 0.5) is 24.8 Å². The van der Waals surface area contributed by atoms with E-state index in [-0.39, 0.29) is 5.82 Å². The largest absolute Gasteiger partial charge is 0.433 e. The van der Waals surface area contributed by atoms with Gasteiger partial charge in [-0.1, -0.05) is 12.1 Å². The van der Waals surface area contributed by atoms with Gasteiger partial charge < -0.3 is 9.88 Å². The summed E-state index contributed by atoms with van der Waals surface area (Å²) in [7, 11) is 0. The molecule has 0 saturated heterocycles. The number of halogens is 3. The molecule has 0 amide bonds. The van der Waals surface area contributed by atoms with E-state index < -0.39 is 11.9 Å². The van der Waals surface area contributed by atoms with Crippen molar-refractivity contribution in [1.82, 2.24) is 19.5 Å². The fraction of sp³-hybridized carbons (Fsp3) is 0.227. The van der Waals surface area contributed by atoms with Gasteiger partial charge in [0.05, 0.1) is 11.0 Å². The van der Waals surface area contributed by atoms with Crippen LogP contribution in [0, 0.1) is 6.92 Å². The summed E-state index contributed by atoms with van der Waals surface area (Å²) >= 11 is 0. The molecular formula is C22H18F3N5. The SMILES string of the molecule is Cc1nc2ccc(-c3ccnc(Nc4cccc(C(F)(F)F)n4)c3)cc2n1C1CC1. The molecule has 0 bridgehead atoms. The molecule has 0 unspecified atom stereocenters. The van der Waals surface area contributed by atoms with Gasteiger partial charge in [-0.25, -0.2) is 15.0 Å². The highest BCUT2D eigenvalue weighted by atomic mass is 19.4. The Labute approximate surface area is 170 Å². The quantitative estimate of drug-likeness (QED) is 0.456. The van der Waals surface area contributed by atoms with E-state index >= 15 is 0 Å². The van der Waals surface area contributed by atoms with Gasteiger partial charge in [-0.05, 0) is 67.3 Å². The van der Waals surface area contributed by atoms with Crippen molar-refractivity contribution in [3.05, 3.63) is 66.2 Å². The lowest BCUT2D eigenvalue weighted by atomic mass is 10.1. The minimum Gasteiger partial charge on any atom is -0.325 e. The summed E-state index contributed by atoms with van der Waals surface area (Å²) in [4.78, 5) is 12.5. The average molecular weight is 409 g/mol. The third-order valence-electron chi connectivity index (χ3n) is 5.17. The van der Waals surface area contributed by atoms with Crippen LogP contribution in [-0.4, -0.2) is 19.5 Å². The monoisotopic (exact) mass is 409 g/mol. The summed E-state index contributed by atoms with van der Waals surface area (Å²) in [6.45, 7) is 2.02. The Kier molecular flexibility index (Phi) is 4.23. The average Bonchev–Trinajstić information content (AvgIpc) is 3.49. The number of benzene rings is 1. The maximum atomic E-state index is 12.9. The van der Waals surface area contributed by atoms with Crippen molar-refractivity contribution < 1.29 is 13.2 Å². The van der Waals surface area contributed by atoms with E-state index in [1.165, 1.54) is 25.0 Å². The van der Waals surface area contributed by atoms with E-state index in [2.05, 4.69) is 30.9 Å². The summed E-state index contributed by atoms with van der Waals surface area (Å²) < 4.78 is 41.0. The Balaban J connectivity index is 1.47.